The van der Waals surface area contributed by atoms with Crippen molar-refractivity contribution < 1.29 is 4.79 Å². The number of aromatic nitrogens is 1. The molecule has 1 aromatic heterocycles. The zero-order valence-corrected chi connectivity index (χ0v) is 10.0. The smallest absolute Gasteiger partial charge is 0.164 e. The highest BCUT2D eigenvalue weighted by Crippen LogP contribution is 2.14. The van der Waals surface area contributed by atoms with Crippen LogP contribution in [0.3, 0.4) is 0 Å². The standard InChI is InChI=1S/C13H21NO/c1-4-5-6-7-8-13(15)12-9-10(2)14-11(12)3/h9,14H,4-8H2,1-3H3. The number of aromatic amines is 1. The van der Waals surface area contributed by atoms with Gasteiger partial charge in [0.25, 0.3) is 0 Å². The third-order valence-electron chi connectivity index (χ3n) is 2.71. The normalized spacial score (nSPS) is 10.6. The molecular weight excluding hydrogens is 186 g/mol. The molecule has 0 aliphatic rings. The SMILES string of the molecule is CCCCCCC(=O)c1cc(C)[nH]c1C. The van der Waals surface area contributed by atoms with E-state index in [1.807, 2.05) is 19.9 Å². The lowest BCUT2D eigenvalue weighted by molar-refractivity contribution is 0.0978. The van der Waals surface area contributed by atoms with Gasteiger partial charge in [0.2, 0.25) is 0 Å². The van der Waals surface area contributed by atoms with Crippen LogP contribution in [0, 0.1) is 13.8 Å². The molecule has 0 aromatic carbocycles. The summed E-state index contributed by atoms with van der Waals surface area (Å²) in [5.74, 6) is 0.285. The van der Waals surface area contributed by atoms with Crippen LogP contribution in [0.1, 0.15) is 60.8 Å². The zero-order valence-electron chi connectivity index (χ0n) is 10.0. The fourth-order valence-corrected chi connectivity index (χ4v) is 1.86. The Balaban J connectivity index is 2.43. The second-order valence-electron chi connectivity index (χ2n) is 4.22. The molecule has 0 fully saturated rings. The quantitative estimate of drug-likeness (QED) is 0.558. The van der Waals surface area contributed by atoms with Gasteiger partial charge in [-0.3, -0.25) is 4.79 Å². The van der Waals surface area contributed by atoms with Gasteiger partial charge in [-0.05, 0) is 26.3 Å². The van der Waals surface area contributed by atoms with Crippen molar-refractivity contribution in [2.24, 2.45) is 0 Å². The first kappa shape index (κ1) is 12.0. The Morgan fingerprint density at radius 3 is 2.53 bits per heavy atom. The largest absolute Gasteiger partial charge is 0.362 e. The predicted molar refractivity (Wildman–Crippen MR) is 63.4 cm³/mol. The zero-order chi connectivity index (χ0) is 11.3. The fraction of sp³-hybridized carbons (Fsp3) is 0.615. The third-order valence-corrected chi connectivity index (χ3v) is 2.71. The number of Topliss-reactive ketones (excluding diaryl/α,β-unsaturated/α-hetero) is 1. The number of hydrogen-bond acceptors (Lipinski definition) is 1. The van der Waals surface area contributed by atoms with Crippen LogP contribution >= 0.6 is 0 Å². The van der Waals surface area contributed by atoms with E-state index in [1.54, 1.807) is 0 Å². The van der Waals surface area contributed by atoms with E-state index in [4.69, 9.17) is 0 Å². The molecule has 1 heterocycles. The summed E-state index contributed by atoms with van der Waals surface area (Å²) in [6, 6.07) is 1.96. The summed E-state index contributed by atoms with van der Waals surface area (Å²) in [5, 5.41) is 0. The Morgan fingerprint density at radius 2 is 2.00 bits per heavy atom. The Labute approximate surface area is 92.1 Å². The molecule has 15 heavy (non-hydrogen) atoms. The Hall–Kier alpha value is -1.05. The van der Waals surface area contributed by atoms with Gasteiger partial charge in [-0.15, -0.1) is 0 Å². The fourth-order valence-electron chi connectivity index (χ4n) is 1.86. The molecule has 0 bridgehead atoms. The lowest BCUT2D eigenvalue weighted by Crippen LogP contribution is -1.99. The van der Waals surface area contributed by atoms with E-state index in [-0.39, 0.29) is 5.78 Å². The molecule has 0 spiro atoms. The lowest BCUT2D eigenvalue weighted by Gasteiger charge is -1.99. The minimum absolute atomic E-state index is 0.285. The summed E-state index contributed by atoms with van der Waals surface area (Å²) in [7, 11) is 0. The maximum absolute atomic E-state index is 11.8. The molecule has 1 N–H and O–H groups in total. The number of H-pyrrole nitrogens is 1. The van der Waals surface area contributed by atoms with E-state index >= 15 is 0 Å². The van der Waals surface area contributed by atoms with Gasteiger partial charge in [0, 0.05) is 23.4 Å². The van der Waals surface area contributed by atoms with Crippen molar-refractivity contribution >= 4 is 5.78 Å². The second kappa shape index (κ2) is 5.74. The molecule has 0 unspecified atom stereocenters. The third kappa shape index (κ3) is 3.54. The molecule has 2 heteroatoms. The highest BCUT2D eigenvalue weighted by Gasteiger charge is 2.10. The molecule has 0 aliphatic heterocycles. The van der Waals surface area contributed by atoms with Crippen molar-refractivity contribution in [2.45, 2.75) is 52.9 Å². The number of aryl methyl sites for hydroxylation is 2. The number of unbranched alkanes of at least 4 members (excludes halogenated alkanes) is 3. The topological polar surface area (TPSA) is 32.9 Å². The molecule has 2 nitrogen and oxygen atoms in total. The summed E-state index contributed by atoms with van der Waals surface area (Å²) in [6.07, 6.45) is 5.34. The van der Waals surface area contributed by atoms with Gasteiger partial charge in [-0.25, -0.2) is 0 Å². The molecular formula is C13H21NO. The van der Waals surface area contributed by atoms with E-state index in [0.29, 0.717) is 6.42 Å². The molecule has 84 valence electrons. The summed E-state index contributed by atoms with van der Waals surface area (Å²) < 4.78 is 0. The highest BCUT2D eigenvalue weighted by atomic mass is 16.1. The van der Waals surface area contributed by atoms with Crippen LogP contribution in [0.15, 0.2) is 6.07 Å². The van der Waals surface area contributed by atoms with E-state index in [1.165, 1.54) is 19.3 Å². The van der Waals surface area contributed by atoms with Gasteiger partial charge in [-0.2, -0.15) is 0 Å². The van der Waals surface area contributed by atoms with E-state index in [0.717, 1.165) is 23.4 Å². The number of nitrogens with one attached hydrogen (secondary N) is 1. The van der Waals surface area contributed by atoms with Crippen molar-refractivity contribution in [1.82, 2.24) is 4.98 Å². The van der Waals surface area contributed by atoms with Crippen LogP contribution in [-0.4, -0.2) is 10.8 Å². The van der Waals surface area contributed by atoms with Crippen molar-refractivity contribution in [3.05, 3.63) is 23.0 Å². The summed E-state index contributed by atoms with van der Waals surface area (Å²) in [4.78, 5) is 15.0. The highest BCUT2D eigenvalue weighted by molar-refractivity contribution is 5.97. The van der Waals surface area contributed by atoms with Gasteiger partial charge in [0.15, 0.2) is 5.78 Å². The molecule has 0 amide bonds. The first-order chi connectivity index (χ1) is 7.15. The first-order valence-electron chi connectivity index (χ1n) is 5.84. The number of carbonyl (C=O) groups excluding carboxylic acids is 1. The first-order valence-corrected chi connectivity index (χ1v) is 5.84. The van der Waals surface area contributed by atoms with Crippen LogP contribution < -0.4 is 0 Å². The summed E-state index contributed by atoms with van der Waals surface area (Å²) in [5.41, 5.74) is 2.96. The summed E-state index contributed by atoms with van der Waals surface area (Å²) >= 11 is 0. The molecule has 0 radical (unpaired) electrons. The van der Waals surface area contributed by atoms with Crippen LogP contribution in [0.2, 0.25) is 0 Å². The molecule has 1 aromatic rings. The molecule has 1 rings (SSSR count). The molecule has 0 saturated heterocycles. The summed E-state index contributed by atoms with van der Waals surface area (Å²) in [6.45, 7) is 6.13. The van der Waals surface area contributed by atoms with Gasteiger partial charge < -0.3 is 4.98 Å². The maximum atomic E-state index is 11.8. The van der Waals surface area contributed by atoms with Gasteiger partial charge in [0.05, 0.1) is 0 Å². The van der Waals surface area contributed by atoms with E-state index in [9.17, 15) is 4.79 Å². The Kier molecular flexibility index (Phi) is 4.60. The maximum Gasteiger partial charge on any atom is 0.164 e. The van der Waals surface area contributed by atoms with Gasteiger partial charge >= 0.3 is 0 Å². The van der Waals surface area contributed by atoms with Crippen LogP contribution in [0.25, 0.3) is 0 Å². The number of hydrogen-bond donors (Lipinski definition) is 1. The van der Waals surface area contributed by atoms with E-state index < -0.39 is 0 Å². The van der Waals surface area contributed by atoms with Crippen LogP contribution in [-0.2, 0) is 0 Å². The minimum atomic E-state index is 0.285. The average molecular weight is 207 g/mol. The molecule has 0 aliphatic carbocycles. The molecule has 0 atom stereocenters. The van der Waals surface area contributed by atoms with Gasteiger partial charge in [0.1, 0.15) is 0 Å². The van der Waals surface area contributed by atoms with Crippen molar-refractivity contribution in [1.29, 1.82) is 0 Å². The predicted octanol–water partition coefficient (Wildman–Crippen LogP) is 3.78. The average Bonchev–Trinajstić information content (AvgIpc) is 2.52. The van der Waals surface area contributed by atoms with Crippen molar-refractivity contribution in [2.75, 3.05) is 0 Å². The monoisotopic (exact) mass is 207 g/mol. The van der Waals surface area contributed by atoms with Crippen molar-refractivity contribution in [3.63, 3.8) is 0 Å². The van der Waals surface area contributed by atoms with Crippen LogP contribution in [0.5, 0.6) is 0 Å². The van der Waals surface area contributed by atoms with Crippen LogP contribution in [0.4, 0.5) is 0 Å². The molecule has 0 saturated carbocycles. The second-order valence-corrected chi connectivity index (χ2v) is 4.22. The Morgan fingerprint density at radius 1 is 1.27 bits per heavy atom. The Bertz CT molecular complexity index is 325. The minimum Gasteiger partial charge on any atom is -0.362 e. The van der Waals surface area contributed by atoms with Crippen molar-refractivity contribution in [3.8, 4) is 0 Å². The van der Waals surface area contributed by atoms with E-state index in [2.05, 4.69) is 11.9 Å². The number of rotatable bonds is 6. The lowest BCUT2D eigenvalue weighted by atomic mass is 10.0. The van der Waals surface area contributed by atoms with Gasteiger partial charge in [-0.1, -0.05) is 26.2 Å². The number of ketones is 1. The number of carbonyl (C=O) groups is 1.